The molecule has 0 saturated carbocycles. The summed E-state index contributed by atoms with van der Waals surface area (Å²) in [5.41, 5.74) is 0.965. The van der Waals surface area contributed by atoms with E-state index in [1.54, 1.807) is 4.90 Å². The third kappa shape index (κ3) is 2.94. The highest BCUT2D eigenvalue weighted by Crippen LogP contribution is 2.19. The zero-order valence-electron chi connectivity index (χ0n) is 11.0. The van der Waals surface area contributed by atoms with E-state index < -0.39 is 0 Å². The van der Waals surface area contributed by atoms with Gasteiger partial charge in [-0.15, -0.1) is 0 Å². The number of likely N-dealkylation sites (N-methyl/N-ethyl adjacent to an activating group) is 1. The van der Waals surface area contributed by atoms with Crippen LogP contribution in [0.2, 0.25) is 0 Å². The predicted octanol–water partition coefficient (Wildman–Crippen LogP) is 2.12. The van der Waals surface area contributed by atoms with E-state index in [1.807, 2.05) is 31.3 Å². The number of benzene rings is 1. The van der Waals surface area contributed by atoms with Crippen molar-refractivity contribution in [1.82, 2.24) is 4.90 Å². The van der Waals surface area contributed by atoms with Crippen LogP contribution in [0.5, 0.6) is 5.75 Å². The molecule has 1 aromatic rings. The number of ether oxygens (including phenoxy) is 1. The fourth-order valence-corrected chi connectivity index (χ4v) is 2.02. The van der Waals surface area contributed by atoms with Gasteiger partial charge < -0.3 is 15.0 Å². The van der Waals surface area contributed by atoms with Crippen LogP contribution in [0.25, 0.3) is 0 Å². The van der Waals surface area contributed by atoms with Crippen LogP contribution in [0.15, 0.2) is 24.3 Å². The fourth-order valence-electron chi connectivity index (χ4n) is 2.02. The normalized spacial score (nSPS) is 19.1. The number of likely N-dealkylation sites (tertiary alicyclic amines) is 1. The van der Waals surface area contributed by atoms with Crippen molar-refractivity contribution < 1.29 is 9.53 Å². The molecule has 1 N–H and O–H groups in total. The zero-order valence-corrected chi connectivity index (χ0v) is 11.0. The highest BCUT2D eigenvalue weighted by atomic mass is 16.5. The smallest absolute Gasteiger partial charge is 0.244 e. The molecule has 1 aliphatic rings. The van der Waals surface area contributed by atoms with E-state index in [4.69, 9.17) is 4.74 Å². The first-order valence-electron chi connectivity index (χ1n) is 6.45. The molecule has 1 aromatic carbocycles. The Morgan fingerprint density at radius 3 is 2.67 bits per heavy atom. The standard InChI is InChI=1S/C14H20N2O2/c1-3-10-18-12-6-4-11(5-7-12)15-13-8-9-16(2)14(13)17/h4-7,13,15H,3,8-10H2,1-2H3. The molecule has 0 aromatic heterocycles. The zero-order chi connectivity index (χ0) is 13.0. The van der Waals surface area contributed by atoms with Gasteiger partial charge in [-0.3, -0.25) is 4.79 Å². The number of carbonyl (C=O) groups is 1. The minimum atomic E-state index is -0.0857. The second-order valence-corrected chi connectivity index (χ2v) is 4.62. The number of hydrogen-bond donors (Lipinski definition) is 1. The predicted molar refractivity (Wildman–Crippen MR) is 71.9 cm³/mol. The van der Waals surface area contributed by atoms with Gasteiger partial charge in [0.1, 0.15) is 11.8 Å². The van der Waals surface area contributed by atoms with Gasteiger partial charge in [0.25, 0.3) is 0 Å². The van der Waals surface area contributed by atoms with Crippen molar-refractivity contribution in [2.24, 2.45) is 0 Å². The van der Waals surface area contributed by atoms with Crippen molar-refractivity contribution in [3.8, 4) is 5.75 Å². The van der Waals surface area contributed by atoms with E-state index >= 15 is 0 Å². The van der Waals surface area contributed by atoms with Gasteiger partial charge in [0.15, 0.2) is 0 Å². The molecular weight excluding hydrogens is 228 g/mol. The molecule has 0 bridgehead atoms. The van der Waals surface area contributed by atoms with Crippen LogP contribution in [-0.2, 0) is 4.79 Å². The number of anilines is 1. The first-order chi connectivity index (χ1) is 8.70. The summed E-state index contributed by atoms with van der Waals surface area (Å²) in [6.45, 7) is 3.64. The average molecular weight is 248 g/mol. The molecule has 1 atom stereocenters. The van der Waals surface area contributed by atoms with Crippen LogP contribution in [0.3, 0.4) is 0 Å². The van der Waals surface area contributed by atoms with E-state index in [0.29, 0.717) is 0 Å². The number of nitrogens with one attached hydrogen (secondary N) is 1. The van der Waals surface area contributed by atoms with Crippen LogP contribution in [0.1, 0.15) is 19.8 Å². The highest BCUT2D eigenvalue weighted by Gasteiger charge is 2.28. The first-order valence-corrected chi connectivity index (χ1v) is 6.45. The van der Waals surface area contributed by atoms with Crippen LogP contribution < -0.4 is 10.1 Å². The molecule has 1 amide bonds. The maximum absolute atomic E-state index is 11.8. The fraction of sp³-hybridized carbons (Fsp3) is 0.500. The van der Waals surface area contributed by atoms with Gasteiger partial charge in [-0.25, -0.2) is 0 Å². The molecule has 4 nitrogen and oxygen atoms in total. The van der Waals surface area contributed by atoms with E-state index in [9.17, 15) is 4.79 Å². The maximum Gasteiger partial charge on any atom is 0.244 e. The maximum atomic E-state index is 11.8. The third-order valence-corrected chi connectivity index (χ3v) is 3.10. The number of hydrogen-bond acceptors (Lipinski definition) is 3. The van der Waals surface area contributed by atoms with Gasteiger partial charge in [0.2, 0.25) is 5.91 Å². The summed E-state index contributed by atoms with van der Waals surface area (Å²) in [6, 6.07) is 7.69. The van der Waals surface area contributed by atoms with Crippen molar-refractivity contribution >= 4 is 11.6 Å². The van der Waals surface area contributed by atoms with E-state index in [0.717, 1.165) is 37.4 Å². The third-order valence-electron chi connectivity index (χ3n) is 3.10. The molecular formula is C14H20N2O2. The highest BCUT2D eigenvalue weighted by molar-refractivity contribution is 5.86. The van der Waals surface area contributed by atoms with Crippen LogP contribution in [-0.4, -0.2) is 37.0 Å². The number of amides is 1. The van der Waals surface area contributed by atoms with Crippen LogP contribution >= 0.6 is 0 Å². The molecule has 0 spiro atoms. The van der Waals surface area contributed by atoms with Crippen LogP contribution in [0.4, 0.5) is 5.69 Å². The quantitative estimate of drug-likeness (QED) is 0.867. The summed E-state index contributed by atoms with van der Waals surface area (Å²) < 4.78 is 5.52. The van der Waals surface area contributed by atoms with Gasteiger partial charge in [-0.1, -0.05) is 6.92 Å². The lowest BCUT2D eigenvalue weighted by Gasteiger charge is -2.14. The van der Waals surface area contributed by atoms with E-state index in [1.165, 1.54) is 0 Å². The minimum absolute atomic E-state index is 0.0857. The SMILES string of the molecule is CCCOc1ccc(NC2CCN(C)C2=O)cc1. The van der Waals surface area contributed by atoms with Crippen molar-refractivity contribution in [1.29, 1.82) is 0 Å². The Hall–Kier alpha value is -1.71. The Bertz CT molecular complexity index is 403. The molecule has 4 heteroatoms. The number of carbonyl (C=O) groups excluding carboxylic acids is 1. The molecule has 0 radical (unpaired) electrons. The molecule has 1 aliphatic heterocycles. The van der Waals surface area contributed by atoms with Gasteiger partial charge >= 0.3 is 0 Å². The second kappa shape index (κ2) is 5.76. The molecule has 1 saturated heterocycles. The van der Waals surface area contributed by atoms with Gasteiger partial charge in [-0.2, -0.15) is 0 Å². The summed E-state index contributed by atoms with van der Waals surface area (Å²) in [6.07, 6.45) is 1.87. The summed E-state index contributed by atoms with van der Waals surface area (Å²) >= 11 is 0. The lowest BCUT2D eigenvalue weighted by Crippen LogP contribution is -2.30. The number of nitrogens with zero attached hydrogens (tertiary/aromatic N) is 1. The van der Waals surface area contributed by atoms with Crippen LogP contribution in [0, 0.1) is 0 Å². The Morgan fingerprint density at radius 2 is 2.11 bits per heavy atom. The van der Waals surface area contributed by atoms with Gasteiger partial charge in [0, 0.05) is 19.3 Å². The van der Waals surface area contributed by atoms with Gasteiger partial charge in [-0.05, 0) is 37.1 Å². The van der Waals surface area contributed by atoms with E-state index in [-0.39, 0.29) is 11.9 Å². The largest absolute Gasteiger partial charge is 0.494 e. The molecule has 0 aliphatic carbocycles. The lowest BCUT2D eigenvalue weighted by atomic mass is 10.2. The van der Waals surface area contributed by atoms with Crippen molar-refractivity contribution in [2.45, 2.75) is 25.8 Å². The topological polar surface area (TPSA) is 41.6 Å². The molecule has 1 fully saturated rings. The summed E-state index contributed by atoms with van der Waals surface area (Å²) in [4.78, 5) is 13.5. The number of rotatable bonds is 5. The Morgan fingerprint density at radius 1 is 1.39 bits per heavy atom. The second-order valence-electron chi connectivity index (χ2n) is 4.62. The molecule has 98 valence electrons. The van der Waals surface area contributed by atoms with Crippen molar-refractivity contribution in [3.63, 3.8) is 0 Å². The molecule has 2 rings (SSSR count). The summed E-state index contributed by atoms with van der Waals surface area (Å²) in [5.74, 6) is 1.04. The monoisotopic (exact) mass is 248 g/mol. The van der Waals surface area contributed by atoms with Gasteiger partial charge in [0.05, 0.1) is 6.61 Å². The Kier molecular flexibility index (Phi) is 4.07. The Balaban J connectivity index is 1.92. The summed E-state index contributed by atoms with van der Waals surface area (Å²) in [7, 11) is 1.84. The summed E-state index contributed by atoms with van der Waals surface area (Å²) in [5, 5.41) is 3.26. The minimum Gasteiger partial charge on any atom is -0.494 e. The molecule has 1 unspecified atom stereocenters. The molecule has 1 heterocycles. The van der Waals surface area contributed by atoms with Crippen molar-refractivity contribution in [2.75, 3.05) is 25.5 Å². The Labute approximate surface area is 108 Å². The lowest BCUT2D eigenvalue weighted by molar-refractivity contribution is -0.127. The van der Waals surface area contributed by atoms with E-state index in [2.05, 4.69) is 12.2 Å². The average Bonchev–Trinajstić information content (AvgIpc) is 2.70. The molecule has 18 heavy (non-hydrogen) atoms. The van der Waals surface area contributed by atoms with Crippen molar-refractivity contribution in [3.05, 3.63) is 24.3 Å². The first kappa shape index (κ1) is 12.7.